The Morgan fingerprint density at radius 2 is 1.75 bits per heavy atom. The molecule has 8 heteroatoms. The van der Waals surface area contributed by atoms with Crippen molar-refractivity contribution < 1.29 is 4.79 Å². The average Bonchev–Trinajstić information content (AvgIpc) is 2.81. The Bertz CT molecular complexity index is 1340. The van der Waals surface area contributed by atoms with Gasteiger partial charge in [-0.15, -0.1) is 0 Å². The number of anilines is 1. The maximum atomic E-state index is 13.3. The van der Waals surface area contributed by atoms with Crippen LogP contribution in [0.15, 0.2) is 82.7 Å². The number of thioether (sulfide) groups is 1. The SMILES string of the molecule is CCC(Sc1nc2ccccc2c(=O)n1-c1ccccc1)C(=O)Nc1cccc(Cl)c1Cl. The summed E-state index contributed by atoms with van der Waals surface area (Å²) in [6, 6.07) is 21.5. The van der Waals surface area contributed by atoms with Gasteiger partial charge in [0.15, 0.2) is 5.16 Å². The monoisotopic (exact) mass is 483 g/mol. The van der Waals surface area contributed by atoms with E-state index in [1.807, 2.05) is 49.4 Å². The zero-order chi connectivity index (χ0) is 22.7. The van der Waals surface area contributed by atoms with Gasteiger partial charge < -0.3 is 5.32 Å². The van der Waals surface area contributed by atoms with Crippen molar-refractivity contribution in [3.05, 3.63) is 93.2 Å². The molecule has 32 heavy (non-hydrogen) atoms. The highest BCUT2D eigenvalue weighted by atomic mass is 35.5. The second kappa shape index (κ2) is 9.77. The summed E-state index contributed by atoms with van der Waals surface area (Å²) in [5, 5.41) is 3.94. The number of carbonyl (C=O) groups is 1. The highest BCUT2D eigenvalue weighted by Gasteiger charge is 2.23. The van der Waals surface area contributed by atoms with E-state index in [4.69, 9.17) is 28.2 Å². The van der Waals surface area contributed by atoms with E-state index in [0.29, 0.717) is 38.9 Å². The molecule has 1 atom stereocenters. The smallest absolute Gasteiger partial charge is 0.266 e. The molecular weight excluding hydrogens is 465 g/mol. The predicted octanol–water partition coefficient (Wildman–Crippen LogP) is 6.20. The van der Waals surface area contributed by atoms with E-state index in [1.54, 1.807) is 34.9 Å². The van der Waals surface area contributed by atoms with Crippen LogP contribution in [-0.4, -0.2) is 20.7 Å². The van der Waals surface area contributed by atoms with Crippen molar-refractivity contribution in [1.29, 1.82) is 0 Å². The third-order valence-corrected chi connectivity index (χ3v) is 7.02. The van der Waals surface area contributed by atoms with Crippen LogP contribution in [0.3, 0.4) is 0 Å². The molecule has 1 heterocycles. The second-order valence-electron chi connectivity index (χ2n) is 6.99. The standard InChI is InChI=1S/C24H19Cl2N3O2S/c1-2-20(22(30)27-19-14-8-12-17(25)21(19)26)32-24-28-18-13-7-6-11-16(18)23(31)29(24)15-9-4-3-5-10-15/h3-14,20H,2H2,1H3,(H,27,30). The van der Waals surface area contributed by atoms with Gasteiger partial charge in [-0.25, -0.2) is 4.98 Å². The molecule has 0 saturated heterocycles. The fourth-order valence-corrected chi connectivity index (χ4v) is 4.64. The van der Waals surface area contributed by atoms with Crippen molar-refractivity contribution in [3.63, 3.8) is 0 Å². The zero-order valence-electron chi connectivity index (χ0n) is 17.1. The molecule has 3 aromatic carbocycles. The number of amides is 1. The highest BCUT2D eigenvalue weighted by molar-refractivity contribution is 8.00. The predicted molar refractivity (Wildman–Crippen MR) is 132 cm³/mol. The van der Waals surface area contributed by atoms with Crippen LogP contribution in [0.25, 0.3) is 16.6 Å². The molecule has 0 fully saturated rings. The molecule has 5 nitrogen and oxygen atoms in total. The molecule has 0 radical (unpaired) electrons. The van der Waals surface area contributed by atoms with Gasteiger partial charge in [-0.2, -0.15) is 0 Å². The Morgan fingerprint density at radius 3 is 2.50 bits per heavy atom. The summed E-state index contributed by atoms with van der Waals surface area (Å²) in [5.74, 6) is -0.247. The van der Waals surface area contributed by atoms with Crippen LogP contribution >= 0.6 is 35.0 Å². The summed E-state index contributed by atoms with van der Waals surface area (Å²) >= 11 is 13.5. The first-order valence-electron chi connectivity index (χ1n) is 9.98. The van der Waals surface area contributed by atoms with Crippen LogP contribution < -0.4 is 10.9 Å². The zero-order valence-corrected chi connectivity index (χ0v) is 19.4. The molecule has 1 N–H and O–H groups in total. The number of rotatable bonds is 6. The summed E-state index contributed by atoms with van der Waals surface area (Å²) in [5.41, 5.74) is 1.53. The number of fused-ring (bicyclic) bond motifs is 1. The third-order valence-electron chi connectivity index (χ3n) is 4.88. The maximum absolute atomic E-state index is 13.3. The lowest BCUT2D eigenvalue weighted by molar-refractivity contribution is -0.115. The topological polar surface area (TPSA) is 64.0 Å². The van der Waals surface area contributed by atoms with E-state index < -0.39 is 5.25 Å². The van der Waals surface area contributed by atoms with E-state index >= 15 is 0 Å². The minimum absolute atomic E-state index is 0.183. The van der Waals surface area contributed by atoms with Gasteiger partial charge in [0.2, 0.25) is 5.91 Å². The van der Waals surface area contributed by atoms with E-state index in [0.717, 1.165) is 0 Å². The first-order valence-corrected chi connectivity index (χ1v) is 11.6. The lowest BCUT2D eigenvalue weighted by atomic mass is 10.2. The number of aromatic nitrogens is 2. The van der Waals surface area contributed by atoms with E-state index in [1.165, 1.54) is 11.8 Å². The van der Waals surface area contributed by atoms with Gasteiger partial charge in [-0.3, -0.25) is 14.2 Å². The summed E-state index contributed by atoms with van der Waals surface area (Å²) < 4.78 is 1.55. The molecule has 1 aromatic heterocycles. The minimum atomic E-state index is -0.506. The summed E-state index contributed by atoms with van der Waals surface area (Å²) in [4.78, 5) is 31.1. The van der Waals surface area contributed by atoms with Gasteiger partial charge >= 0.3 is 0 Å². The third kappa shape index (κ3) is 4.53. The number of halogens is 2. The Labute approximate surface area is 199 Å². The van der Waals surface area contributed by atoms with Crippen molar-refractivity contribution in [2.45, 2.75) is 23.8 Å². The van der Waals surface area contributed by atoms with Crippen molar-refractivity contribution >= 4 is 57.5 Å². The quantitative estimate of drug-likeness (QED) is 0.261. The lowest BCUT2D eigenvalue weighted by Gasteiger charge is -2.18. The van der Waals surface area contributed by atoms with E-state index in [9.17, 15) is 9.59 Å². The number of nitrogens with zero attached hydrogens (tertiary/aromatic N) is 2. The van der Waals surface area contributed by atoms with Crippen LogP contribution in [0, 0.1) is 0 Å². The molecule has 4 aromatic rings. The van der Waals surface area contributed by atoms with Crippen molar-refractivity contribution in [3.8, 4) is 5.69 Å². The molecule has 162 valence electrons. The molecule has 0 aliphatic rings. The van der Waals surface area contributed by atoms with Gasteiger partial charge in [-0.05, 0) is 42.8 Å². The van der Waals surface area contributed by atoms with Gasteiger partial charge in [0.05, 0.1) is 37.6 Å². The fraction of sp³-hybridized carbons (Fsp3) is 0.125. The van der Waals surface area contributed by atoms with Crippen molar-refractivity contribution in [1.82, 2.24) is 9.55 Å². The number of hydrogen-bond donors (Lipinski definition) is 1. The minimum Gasteiger partial charge on any atom is -0.324 e. The van der Waals surface area contributed by atoms with Crippen LogP contribution in [-0.2, 0) is 4.79 Å². The number of hydrogen-bond acceptors (Lipinski definition) is 4. The molecule has 1 unspecified atom stereocenters. The Balaban J connectivity index is 1.74. The average molecular weight is 484 g/mol. The van der Waals surface area contributed by atoms with Gasteiger partial charge in [-0.1, -0.05) is 78.3 Å². The second-order valence-corrected chi connectivity index (χ2v) is 8.95. The maximum Gasteiger partial charge on any atom is 0.266 e. The molecule has 0 bridgehead atoms. The van der Waals surface area contributed by atoms with Crippen molar-refractivity contribution in [2.75, 3.05) is 5.32 Å². The van der Waals surface area contributed by atoms with E-state index in [-0.39, 0.29) is 16.5 Å². The number of benzene rings is 3. The van der Waals surface area contributed by atoms with Crippen LogP contribution in [0.5, 0.6) is 0 Å². The van der Waals surface area contributed by atoms with Crippen LogP contribution in [0.4, 0.5) is 5.69 Å². The highest BCUT2D eigenvalue weighted by Crippen LogP contribution is 2.32. The summed E-state index contributed by atoms with van der Waals surface area (Å²) in [6.45, 7) is 1.91. The largest absolute Gasteiger partial charge is 0.324 e. The van der Waals surface area contributed by atoms with Crippen LogP contribution in [0.1, 0.15) is 13.3 Å². The Morgan fingerprint density at radius 1 is 1.03 bits per heavy atom. The first-order chi connectivity index (χ1) is 15.5. The lowest BCUT2D eigenvalue weighted by Crippen LogP contribution is -2.27. The molecule has 1 amide bonds. The number of para-hydroxylation sites is 2. The molecule has 0 saturated carbocycles. The Kier molecular flexibility index (Phi) is 6.84. The van der Waals surface area contributed by atoms with Gasteiger partial charge in [0.1, 0.15) is 0 Å². The molecule has 4 rings (SSSR count). The first kappa shape index (κ1) is 22.4. The summed E-state index contributed by atoms with van der Waals surface area (Å²) in [7, 11) is 0. The molecule has 0 aliphatic carbocycles. The molecule has 0 aliphatic heterocycles. The molecule has 0 spiro atoms. The summed E-state index contributed by atoms with van der Waals surface area (Å²) in [6.07, 6.45) is 0.520. The van der Waals surface area contributed by atoms with Gasteiger partial charge in [0.25, 0.3) is 5.56 Å². The van der Waals surface area contributed by atoms with E-state index in [2.05, 4.69) is 5.32 Å². The van der Waals surface area contributed by atoms with Gasteiger partial charge in [0, 0.05) is 0 Å². The molecular formula is C24H19Cl2N3O2S. The number of nitrogens with one attached hydrogen (secondary N) is 1. The Hall–Kier alpha value is -2.80. The fourth-order valence-electron chi connectivity index (χ4n) is 3.26. The number of carbonyl (C=O) groups excluding carboxylic acids is 1. The normalized spacial score (nSPS) is 12.0. The van der Waals surface area contributed by atoms with Crippen LogP contribution in [0.2, 0.25) is 10.0 Å². The van der Waals surface area contributed by atoms with Crippen molar-refractivity contribution in [2.24, 2.45) is 0 Å².